The molecule has 0 bridgehead atoms. The number of hydrogen-bond acceptors (Lipinski definition) is 4. The first-order valence-corrected chi connectivity index (χ1v) is 9.54. The van der Waals surface area contributed by atoms with E-state index in [2.05, 4.69) is 15.6 Å². The lowest BCUT2D eigenvalue weighted by atomic mass is 10.2. The first-order valence-electron chi connectivity index (χ1n) is 9.54. The van der Waals surface area contributed by atoms with Crippen molar-refractivity contribution in [1.29, 1.82) is 0 Å². The van der Waals surface area contributed by atoms with Gasteiger partial charge >= 0.3 is 0 Å². The van der Waals surface area contributed by atoms with Gasteiger partial charge in [0.25, 0.3) is 5.91 Å². The fraction of sp³-hybridized carbons (Fsp3) is 0.632. The molecule has 0 aliphatic carbocycles. The maximum absolute atomic E-state index is 12.3. The van der Waals surface area contributed by atoms with Crippen molar-refractivity contribution in [3.63, 3.8) is 0 Å². The first-order chi connectivity index (χ1) is 12.9. The predicted octanol–water partition coefficient (Wildman–Crippen LogP) is 2.09. The van der Waals surface area contributed by atoms with Crippen molar-refractivity contribution in [2.45, 2.75) is 34.1 Å². The molecule has 0 spiro atoms. The maximum Gasteiger partial charge on any atom is 0.287 e. The fourth-order valence-electron chi connectivity index (χ4n) is 2.58. The van der Waals surface area contributed by atoms with Gasteiger partial charge in [-0.15, -0.1) is 24.0 Å². The SMILES string of the molecule is CCNC(=NCCCNC(=O)c1occc1C)N(C)CC(=O)N(CC)CC.I. The van der Waals surface area contributed by atoms with E-state index in [0.29, 0.717) is 44.3 Å². The Hall–Kier alpha value is -1.78. The van der Waals surface area contributed by atoms with Gasteiger partial charge in [-0.2, -0.15) is 0 Å². The van der Waals surface area contributed by atoms with E-state index in [-0.39, 0.29) is 42.3 Å². The van der Waals surface area contributed by atoms with Gasteiger partial charge in [0.2, 0.25) is 5.91 Å². The summed E-state index contributed by atoms with van der Waals surface area (Å²) in [5, 5.41) is 6.02. The maximum atomic E-state index is 12.3. The third kappa shape index (κ3) is 8.49. The largest absolute Gasteiger partial charge is 0.459 e. The van der Waals surface area contributed by atoms with Crippen LogP contribution in [0.5, 0.6) is 0 Å². The number of aliphatic imine (C=N–C) groups is 1. The van der Waals surface area contributed by atoms with Crippen molar-refractivity contribution in [1.82, 2.24) is 20.4 Å². The van der Waals surface area contributed by atoms with Crippen LogP contribution in [-0.2, 0) is 4.79 Å². The van der Waals surface area contributed by atoms with Crippen LogP contribution in [0.15, 0.2) is 21.7 Å². The highest BCUT2D eigenvalue weighted by Crippen LogP contribution is 2.07. The first kappa shape index (κ1) is 26.2. The van der Waals surface area contributed by atoms with Crippen LogP contribution in [0.2, 0.25) is 0 Å². The van der Waals surface area contributed by atoms with E-state index in [1.165, 1.54) is 6.26 Å². The molecule has 0 aliphatic rings. The quantitative estimate of drug-likeness (QED) is 0.219. The molecule has 1 rings (SSSR count). The molecule has 0 saturated carbocycles. The minimum Gasteiger partial charge on any atom is -0.459 e. The van der Waals surface area contributed by atoms with Crippen molar-refractivity contribution >= 4 is 41.8 Å². The molecule has 0 atom stereocenters. The number of carbonyl (C=O) groups excluding carboxylic acids is 2. The summed E-state index contributed by atoms with van der Waals surface area (Å²) in [5.74, 6) is 0.900. The molecular formula is C19H34IN5O3. The number of furan rings is 1. The molecule has 9 heteroatoms. The molecule has 0 unspecified atom stereocenters. The lowest BCUT2D eigenvalue weighted by molar-refractivity contribution is -0.131. The molecule has 1 heterocycles. The van der Waals surface area contributed by atoms with Crippen LogP contribution in [0.4, 0.5) is 0 Å². The number of guanidine groups is 1. The summed E-state index contributed by atoms with van der Waals surface area (Å²) < 4.78 is 5.17. The summed E-state index contributed by atoms with van der Waals surface area (Å²) in [5.41, 5.74) is 0.819. The van der Waals surface area contributed by atoms with Crippen molar-refractivity contribution < 1.29 is 14.0 Å². The number of carbonyl (C=O) groups is 2. The second-order valence-electron chi connectivity index (χ2n) is 6.20. The zero-order valence-electron chi connectivity index (χ0n) is 17.6. The molecule has 0 saturated heterocycles. The van der Waals surface area contributed by atoms with E-state index in [4.69, 9.17) is 4.42 Å². The molecule has 2 amide bonds. The molecule has 1 aromatic heterocycles. The van der Waals surface area contributed by atoms with Gasteiger partial charge < -0.3 is 24.9 Å². The van der Waals surface area contributed by atoms with Crippen molar-refractivity contribution in [3.05, 3.63) is 23.7 Å². The highest BCUT2D eigenvalue weighted by atomic mass is 127. The Labute approximate surface area is 185 Å². The minimum atomic E-state index is -0.213. The van der Waals surface area contributed by atoms with Gasteiger partial charge in [0, 0.05) is 45.3 Å². The lowest BCUT2D eigenvalue weighted by Crippen LogP contribution is -2.45. The van der Waals surface area contributed by atoms with Crippen LogP contribution >= 0.6 is 24.0 Å². The molecule has 2 N–H and O–H groups in total. The fourth-order valence-corrected chi connectivity index (χ4v) is 2.58. The molecule has 28 heavy (non-hydrogen) atoms. The minimum absolute atomic E-state index is 0. The number of amides is 2. The van der Waals surface area contributed by atoms with Crippen LogP contribution in [0.3, 0.4) is 0 Å². The summed E-state index contributed by atoms with van der Waals surface area (Å²) in [6, 6.07) is 1.76. The van der Waals surface area contributed by atoms with E-state index in [1.54, 1.807) is 11.0 Å². The standard InChI is InChI=1S/C19H33N5O3.HI/c1-6-20-19(23(5)14-16(25)24(7-2)8-3)22-12-9-11-21-18(26)17-15(4)10-13-27-17;/h10,13H,6-9,11-12,14H2,1-5H3,(H,20,22)(H,21,26);1H. The zero-order chi connectivity index (χ0) is 20.2. The number of aryl methyl sites for hydroxylation is 1. The summed E-state index contributed by atoms with van der Waals surface area (Å²) >= 11 is 0. The number of likely N-dealkylation sites (N-methyl/N-ethyl adjacent to an activating group) is 2. The molecule has 0 aromatic carbocycles. The number of nitrogens with zero attached hydrogens (tertiary/aromatic N) is 3. The number of hydrogen-bond donors (Lipinski definition) is 2. The summed E-state index contributed by atoms with van der Waals surface area (Å²) in [7, 11) is 1.85. The van der Waals surface area contributed by atoms with Gasteiger partial charge in [-0.1, -0.05) is 0 Å². The van der Waals surface area contributed by atoms with Crippen LogP contribution in [-0.4, -0.2) is 73.9 Å². The van der Waals surface area contributed by atoms with Crippen molar-refractivity contribution in [2.24, 2.45) is 4.99 Å². The third-order valence-corrected chi connectivity index (χ3v) is 4.14. The zero-order valence-corrected chi connectivity index (χ0v) is 19.9. The van der Waals surface area contributed by atoms with E-state index < -0.39 is 0 Å². The van der Waals surface area contributed by atoms with Gasteiger partial charge in [0.1, 0.15) is 0 Å². The molecule has 0 radical (unpaired) electrons. The molecular weight excluding hydrogens is 473 g/mol. The van der Waals surface area contributed by atoms with Crippen molar-refractivity contribution in [3.8, 4) is 0 Å². The number of rotatable bonds is 10. The number of nitrogens with one attached hydrogen (secondary N) is 2. The average molecular weight is 507 g/mol. The molecule has 0 fully saturated rings. The van der Waals surface area contributed by atoms with E-state index in [0.717, 1.165) is 12.1 Å². The molecule has 160 valence electrons. The van der Waals surface area contributed by atoms with Crippen LogP contribution in [0.1, 0.15) is 43.3 Å². The molecule has 1 aromatic rings. The summed E-state index contributed by atoms with van der Waals surface area (Å²) in [4.78, 5) is 32.4. The second kappa shape index (κ2) is 14.3. The highest BCUT2D eigenvalue weighted by Gasteiger charge is 2.15. The van der Waals surface area contributed by atoms with Gasteiger partial charge in [0.15, 0.2) is 11.7 Å². The smallest absolute Gasteiger partial charge is 0.287 e. The van der Waals surface area contributed by atoms with Gasteiger partial charge in [-0.25, -0.2) is 0 Å². The summed E-state index contributed by atoms with van der Waals surface area (Å²) in [6.07, 6.45) is 2.20. The van der Waals surface area contributed by atoms with Crippen LogP contribution in [0.25, 0.3) is 0 Å². The van der Waals surface area contributed by atoms with E-state index in [9.17, 15) is 9.59 Å². The molecule has 0 aliphatic heterocycles. The van der Waals surface area contributed by atoms with E-state index >= 15 is 0 Å². The highest BCUT2D eigenvalue weighted by molar-refractivity contribution is 14.0. The Morgan fingerprint density at radius 2 is 1.86 bits per heavy atom. The van der Waals surface area contributed by atoms with Gasteiger partial charge in [0.05, 0.1) is 12.8 Å². The Morgan fingerprint density at radius 1 is 1.18 bits per heavy atom. The Kier molecular flexibility index (Phi) is 13.3. The van der Waals surface area contributed by atoms with Gasteiger partial charge in [-0.05, 0) is 40.2 Å². The predicted molar refractivity (Wildman–Crippen MR) is 122 cm³/mol. The Balaban J connectivity index is 0.00000729. The monoisotopic (exact) mass is 507 g/mol. The Bertz CT molecular complexity index is 629. The summed E-state index contributed by atoms with van der Waals surface area (Å²) in [6.45, 7) is 11.2. The van der Waals surface area contributed by atoms with Gasteiger partial charge in [-0.3, -0.25) is 14.6 Å². The number of halogens is 1. The normalized spacial score (nSPS) is 10.8. The van der Waals surface area contributed by atoms with Crippen molar-refractivity contribution in [2.75, 3.05) is 46.3 Å². The Morgan fingerprint density at radius 3 is 2.39 bits per heavy atom. The third-order valence-electron chi connectivity index (χ3n) is 4.14. The topological polar surface area (TPSA) is 90.2 Å². The molecule has 8 nitrogen and oxygen atoms in total. The second-order valence-corrected chi connectivity index (χ2v) is 6.20. The van der Waals surface area contributed by atoms with Crippen LogP contribution < -0.4 is 10.6 Å². The lowest BCUT2D eigenvalue weighted by Gasteiger charge is -2.25. The van der Waals surface area contributed by atoms with E-state index in [1.807, 2.05) is 39.6 Å². The van der Waals surface area contributed by atoms with Crippen LogP contribution in [0, 0.1) is 6.92 Å². The average Bonchev–Trinajstić information content (AvgIpc) is 3.07.